The molecule has 0 unspecified atom stereocenters. The molecule has 1 heteroatoms. The number of hydrogen-bond donors (Lipinski definition) is 0. The molecule has 0 heterocycles. The molecule has 50 heavy (non-hydrogen) atoms. The van der Waals surface area contributed by atoms with Crippen molar-refractivity contribution in [2.75, 3.05) is 0 Å². The lowest BCUT2D eigenvalue weighted by Crippen LogP contribution is -2.37. The normalized spacial score (nSPS) is 12.9. The summed E-state index contributed by atoms with van der Waals surface area (Å²) in [5.41, 5.74) is 13.0. The van der Waals surface area contributed by atoms with Gasteiger partial charge in [-0.25, -0.2) is 0 Å². The van der Waals surface area contributed by atoms with Crippen molar-refractivity contribution in [1.82, 2.24) is 0 Å². The topological polar surface area (TPSA) is 0 Å². The number of allylic oxidation sites excluding steroid dienone is 1. The molecule has 0 bridgehead atoms. The molecule has 0 N–H and O–H groups in total. The van der Waals surface area contributed by atoms with Crippen molar-refractivity contribution in [2.45, 2.75) is 32.5 Å². The van der Waals surface area contributed by atoms with Crippen LogP contribution in [0.25, 0.3) is 82.9 Å². The van der Waals surface area contributed by atoms with E-state index in [2.05, 4.69) is 183 Å². The molecule has 9 rings (SSSR count). The summed E-state index contributed by atoms with van der Waals surface area (Å²) in [5, 5.41) is 9.21. The monoisotopic (exact) mass is 656 g/mol. The number of hydrogen-bond acceptors (Lipinski definition) is 0. The lowest BCUT2D eigenvalue weighted by Gasteiger charge is -2.21. The summed E-state index contributed by atoms with van der Waals surface area (Å²) >= 11 is 0. The molecule has 0 saturated heterocycles. The van der Waals surface area contributed by atoms with Crippen LogP contribution in [0.15, 0.2) is 158 Å². The fourth-order valence-corrected chi connectivity index (χ4v) is 9.20. The highest BCUT2D eigenvalue weighted by molar-refractivity contribution is 6.88. The Balaban J connectivity index is 1.20. The Labute approximate surface area is 296 Å². The van der Waals surface area contributed by atoms with Crippen molar-refractivity contribution in [3.05, 3.63) is 169 Å². The van der Waals surface area contributed by atoms with Gasteiger partial charge in [0.05, 0.1) is 8.07 Å². The highest BCUT2D eigenvalue weighted by atomic mass is 28.3. The molecule has 0 aliphatic heterocycles. The Bertz CT molecular complexity index is 2560. The van der Waals surface area contributed by atoms with E-state index in [-0.39, 0.29) is 0 Å². The van der Waals surface area contributed by atoms with Gasteiger partial charge in [0.25, 0.3) is 0 Å². The quantitative estimate of drug-likeness (QED) is 0.128. The molecule has 0 fully saturated rings. The van der Waals surface area contributed by atoms with Crippen LogP contribution >= 0.6 is 0 Å². The number of aryl methyl sites for hydroxylation is 1. The van der Waals surface area contributed by atoms with E-state index < -0.39 is 8.07 Å². The third kappa shape index (κ3) is 5.30. The van der Waals surface area contributed by atoms with E-state index in [1.165, 1.54) is 93.1 Å². The maximum atomic E-state index is 2.45. The zero-order valence-corrected chi connectivity index (χ0v) is 30.0. The van der Waals surface area contributed by atoms with Crippen LogP contribution in [0.4, 0.5) is 0 Å². The predicted octanol–water partition coefficient (Wildman–Crippen LogP) is 13.3. The minimum atomic E-state index is -1.48. The first-order valence-corrected chi connectivity index (χ1v) is 21.4. The standard InChI is InChI=1S/C49H40Si/c1-50(2,3)41-16-10-15-39(31-41)48-43-17-6-8-19-45(43)49(46-20-9-7-18-44(46)48)40-29-27-35-14-11-21-42(47(35)32-40)36-25-22-34(23-26-36)38-28-24-33-12-4-5-13-37(33)30-38/h5-11,13-32H,4,12H2,1-3H3. The van der Waals surface area contributed by atoms with Crippen LogP contribution in [0.1, 0.15) is 17.5 Å². The Morgan fingerprint density at radius 2 is 1.04 bits per heavy atom. The number of rotatable bonds is 5. The molecule has 0 aromatic heterocycles. The third-order valence-corrected chi connectivity index (χ3v) is 12.7. The Kier molecular flexibility index (Phi) is 7.41. The highest BCUT2D eigenvalue weighted by Gasteiger charge is 2.20. The van der Waals surface area contributed by atoms with E-state index in [9.17, 15) is 0 Å². The van der Waals surface area contributed by atoms with Gasteiger partial charge in [0, 0.05) is 0 Å². The Morgan fingerprint density at radius 3 is 1.72 bits per heavy atom. The van der Waals surface area contributed by atoms with Crippen LogP contribution in [0.3, 0.4) is 0 Å². The van der Waals surface area contributed by atoms with Gasteiger partial charge in [-0.1, -0.05) is 177 Å². The fourth-order valence-electron chi connectivity index (χ4n) is 8.02. The van der Waals surface area contributed by atoms with E-state index in [0.717, 1.165) is 12.8 Å². The molecule has 0 saturated carbocycles. The summed E-state index contributed by atoms with van der Waals surface area (Å²) in [4.78, 5) is 0. The van der Waals surface area contributed by atoms with Crippen LogP contribution in [-0.2, 0) is 6.42 Å². The summed E-state index contributed by atoms with van der Waals surface area (Å²) in [6.07, 6.45) is 6.84. The fraction of sp³-hybridized carbons (Fsp3) is 0.102. The molecule has 1 aliphatic rings. The largest absolute Gasteiger partial charge is 0.0836 e. The minimum absolute atomic E-state index is 1.14. The summed E-state index contributed by atoms with van der Waals surface area (Å²) in [6, 6.07) is 57.2. The SMILES string of the molecule is C[Si](C)(C)c1cccc(-c2c3ccccc3c(-c3ccc4cccc(-c5ccc(-c6ccc7c(c6)C=CCC7)cc5)c4c3)c3ccccc23)c1. The van der Waals surface area contributed by atoms with Crippen LogP contribution in [0.2, 0.25) is 19.6 Å². The van der Waals surface area contributed by atoms with Gasteiger partial charge in [-0.3, -0.25) is 0 Å². The summed E-state index contributed by atoms with van der Waals surface area (Å²) in [6.45, 7) is 7.29. The zero-order chi connectivity index (χ0) is 33.8. The second-order valence-electron chi connectivity index (χ2n) is 14.8. The van der Waals surface area contributed by atoms with Crippen molar-refractivity contribution in [3.8, 4) is 44.5 Å². The summed E-state index contributed by atoms with van der Waals surface area (Å²) < 4.78 is 0. The molecule has 1 aliphatic carbocycles. The highest BCUT2D eigenvalue weighted by Crippen LogP contribution is 2.44. The number of benzene rings is 8. The van der Waals surface area contributed by atoms with E-state index in [1.807, 2.05) is 0 Å². The van der Waals surface area contributed by atoms with Gasteiger partial charge in [0.15, 0.2) is 0 Å². The van der Waals surface area contributed by atoms with Gasteiger partial charge >= 0.3 is 0 Å². The first-order chi connectivity index (χ1) is 24.4. The first kappa shape index (κ1) is 30.5. The lowest BCUT2D eigenvalue weighted by atomic mass is 9.85. The van der Waals surface area contributed by atoms with Crippen molar-refractivity contribution in [2.24, 2.45) is 0 Å². The summed E-state index contributed by atoms with van der Waals surface area (Å²) in [5.74, 6) is 0. The van der Waals surface area contributed by atoms with Crippen LogP contribution in [0, 0.1) is 0 Å². The van der Waals surface area contributed by atoms with Crippen LogP contribution in [-0.4, -0.2) is 8.07 Å². The van der Waals surface area contributed by atoms with Gasteiger partial charge in [-0.15, -0.1) is 0 Å². The van der Waals surface area contributed by atoms with Crippen molar-refractivity contribution < 1.29 is 0 Å². The smallest absolute Gasteiger partial charge is 0.0776 e. The molecule has 240 valence electrons. The second-order valence-corrected chi connectivity index (χ2v) is 19.9. The maximum Gasteiger partial charge on any atom is 0.0776 e. The average molecular weight is 657 g/mol. The van der Waals surface area contributed by atoms with E-state index in [1.54, 1.807) is 0 Å². The number of fused-ring (bicyclic) bond motifs is 4. The molecule has 0 atom stereocenters. The van der Waals surface area contributed by atoms with Crippen molar-refractivity contribution in [3.63, 3.8) is 0 Å². The van der Waals surface area contributed by atoms with E-state index in [0.29, 0.717) is 0 Å². The maximum absolute atomic E-state index is 2.45. The average Bonchev–Trinajstić information content (AvgIpc) is 3.16. The van der Waals surface area contributed by atoms with Crippen molar-refractivity contribution >= 4 is 51.7 Å². The molecule has 0 amide bonds. The molecule has 0 nitrogen and oxygen atoms in total. The van der Waals surface area contributed by atoms with Gasteiger partial charge < -0.3 is 0 Å². The molecule has 0 radical (unpaired) electrons. The predicted molar refractivity (Wildman–Crippen MR) is 221 cm³/mol. The van der Waals surface area contributed by atoms with E-state index >= 15 is 0 Å². The lowest BCUT2D eigenvalue weighted by molar-refractivity contribution is 0.986. The van der Waals surface area contributed by atoms with Gasteiger partial charge in [-0.05, 0) is 113 Å². The summed E-state index contributed by atoms with van der Waals surface area (Å²) in [7, 11) is -1.48. The second kappa shape index (κ2) is 12.1. The first-order valence-electron chi connectivity index (χ1n) is 17.9. The Morgan fingerprint density at radius 1 is 0.440 bits per heavy atom. The van der Waals surface area contributed by atoms with Gasteiger partial charge in [0.1, 0.15) is 0 Å². The van der Waals surface area contributed by atoms with Crippen LogP contribution in [0.5, 0.6) is 0 Å². The molecule has 8 aromatic rings. The minimum Gasteiger partial charge on any atom is -0.0836 e. The van der Waals surface area contributed by atoms with Gasteiger partial charge in [-0.2, -0.15) is 0 Å². The molecular weight excluding hydrogens is 617 g/mol. The van der Waals surface area contributed by atoms with E-state index in [4.69, 9.17) is 0 Å². The van der Waals surface area contributed by atoms with Crippen molar-refractivity contribution in [1.29, 1.82) is 0 Å². The third-order valence-electron chi connectivity index (χ3n) is 10.7. The Hall–Kier alpha value is -5.50. The molecular formula is C49H40Si. The molecule has 0 spiro atoms. The molecule has 8 aromatic carbocycles. The van der Waals surface area contributed by atoms with Crippen LogP contribution < -0.4 is 5.19 Å². The zero-order valence-electron chi connectivity index (χ0n) is 29.0. The van der Waals surface area contributed by atoms with Gasteiger partial charge in [0.2, 0.25) is 0 Å².